The number of aromatic nitrogens is 1. The first-order chi connectivity index (χ1) is 10.1. The number of methoxy groups -OCH3 is 1. The summed E-state index contributed by atoms with van der Waals surface area (Å²) in [6.07, 6.45) is 1.86. The van der Waals surface area contributed by atoms with Crippen molar-refractivity contribution in [3.63, 3.8) is 0 Å². The first-order valence-corrected chi connectivity index (χ1v) is 7.10. The lowest BCUT2D eigenvalue weighted by molar-refractivity contribution is 0.376. The van der Waals surface area contributed by atoms with Crippen LogP contribution < -0.4 is 14.8 Å². The predicted molar refractivity (Wildman–Crippen MR) is 84.0 cm³/mol. The van der Waals surface area contributed by atoms with E-state index < -0.39 is 0 Å². The normalized spacial score (nSPS) is 10.7. The number of nitrogens with one attached hydrogen (secondary N) is 1. The van der Waals surface area contributed by atoms with Crippen LogP contribution in [0.25, 0.3) is 0 Å². The molecule has 0 spiro atoms. The van der Waals surface area contributed by atoms with E-state index in [1.54, 1.807) is 7.11 Å². The smallest absolute Gasteiger partial charge is 0.169 e. The van der Waals surface area contributed by atoms with Crippen molar-refractivity contribution >= 4 is 0 Å². The van der Waals surface area contributed by atoms with Crippen molar-refractivity contribution in [2.24, 2.45) is 0 Å². The third-order valence-corrected chi connectivity index (χ3v) is 3.07. The van der Waals surface area contributed by atoms with Crippen molar-refractivity contribution < 1.29 is 9.47 Å². The average molecular weight is 286 g/mol. The third kappa shape index (κ3) is 4.20. The molecule has 2 rings (SSSR count). The van der Waals surface area contributed by atoms with Crippen LogP contribution in [0.1, 0.15) is 25.1 Å². The molecular formula is C17H22N2O2. The van der Waals surface area contributed by atoms with E-state index >= 15 is 0 Å². The SMILES string of the molecule is COc1ccccc1Oc1cc(C)ncc1CNC(C)C. The monoisotopic (exact) mass is 286 g/mol. The van der Waals surface area contributed by atoms with Gasteiger partial charge in [-0.25, -0.2) is 0 Å². The van der Waals surface area contributed by atoms with Gasteiger partial charge in [0.1, 0.15) is 5.75 Å². The highest BCUT2D eigenvalue weighted by molar-refractivity contribution is 5.44. The highest BCUT2D eigenvalue weighted by Gasteiger charge is 2.10. The lowest BCUT2D eigenvalue weighted by atomic mass is 10.2. The zero-order valence-corrected chi connectivity index (χ0v) is 13.0. The molecule has 21 heavy (non-hydrogen) atoms. The number of aryl methyl sites for hydroxylation is 1. The van der Waals surface area contributed by atoms with E-state index in [0.29, 0.717) is 11.8 Å². The maximum Gasteiger partial charge on any atom is 0.169 e. The van der Waals surface area contributed by atoms with Gasteiger partial charge >= 0.3 is 0 Å². The molecule has 0 saturated carbocycles. The van der Waals surface area contributed by atoms with Gasteiger partial charge in [0, 0.05) is 36.1 Å². The summed E-state index contributed by atoms with van der Waals surface area (Å²) in [5.74, 6) is 2.23. The Bertz CT molecular complexity index is 597. The van der Waals surface area contributed by atoms with Gasteiger partial charge in [0.25, 0.3) is 0 Å². The van der Waals surface area contributed by atoms with E-state index in [0.717, 1.165) is 29.3 Å². The van der Waals surface area contributed by atoms with Gasteiger partial charge in [-0.3, -0.25) is 4.98 Å². The Morgan fingerprint density at radius 1 is 1.14 bits per heavy atom. The van der Waals surface area contributed by atoms with Gasteiger partial charge in [-0.05, 0) is 19.1 Å². The van der Waals surface area contributed by atoms with Crippen molar-refractivity contribution in [3.05, 3.63) is 47.8 Å². The van der Waals surface area contributed by atoms with E-state index in [-0.39, 0.29) is 0 Å². The standard InChI is InChI=1S/C17H22N2O2/c1-12(2)18-10-14-11-19-13(3)9-17(14)21-16-8-6-5-7-15(16)20-4/h5-9,11-12,18H,10H2,1-4H3. The maximum atomic E-state index is 6.04. The van der Waals surface area contributed by atoms with E-state index in [4.69, 9.17) is 9.47 Å². The second-order valence-electron chi connectivity index (χ2n) is 5.22. The molecule has 112 valence electrons. The summed E-state index contributed by atoms with van der Waals surface area (Å²) in [7, 11) is 1.64. The van der Waals surface area contributed by atoms with Crippen LogP contribution >= 0.6 is 0 Å². The lowest BCUT2D eigenvalue weighted by Gasteiger charge is -2.15. The Morgan fingerprint density at radius 2 is 1.86 bits per heavy atom. The van der Waals surface area contributed by atoms with Crippen LogP contribution in [0.5, 0.6) is 17.2 Å². The number of para-hydroxylation sites is 2. The number of hydrogen-bond acceptors (Lipinski definition) is 4. The average Bonchev–Trinajstić information content (AvgIpc) is 2.47. The molecule has 0 aliphatic heterocycles. The fourth-order valence-electron chi connectivity index (χ4n) is 1.93. The summed E-state index contributed by atoms with van der Waals surface area (Å²) in [6, 6.07) is 9.99. The van der Waals surface area contributed by atoms with E-state index in [1.165, 1.54) is 0 Å². The van der Waals surface area contributed by atoms with Crippen molar-refractivity contribution in [2.45, 2.75) is 33.4 Å². The topological polar surface area (TPSA) is 43.4 Å². The van der Waals surface area contributed by atoms with Gasteiger partial charge < -0.3 is 14.8 Å². The van der Waals surface area contributed by atoms with Crippen molar-refractivity contribution in [2.75, 3.05) is 7.11 Å². The molecule has 0 aliphatic rings. The first-order valence-electron chi connectivity index (χ1n) is 7.10. The van der Waals surface area contributed by atoms with E-state index in [1.807, 2.05) is 43.5 Å². The fraction of sp³-hybridized carbons (Fsp3) is 0.353. The molecule has 0 amide bonds. The van der Waals surface area contributed by atoms with Crippen LogP contribution in [0, 0.1) is 6.92 Å². The van der Waals surface area contributed by atoms with Crippen LogP contribution in [-0.4, -0.2) is 18.1 Å². The number of rotatable bonds is 6. The Hall–Kier alpha value is -2.07. The fourth-order valence-corrected chi connectivity index (χ4v) is 1.93. The molecule has 0 bridgehead atoms. The highest BCUT2D eigenvalue weighted by Crippen LogP contribution is 2.32. The third-order valence-electron chi connectivity index (χ3n) is 3.07. The molecule has 2 aromatic rings. The molecule has 4 heteroatoms. The van der Waals surface area contributed by atoms with Gasteiger partial charge in [-0.2, -0.15) is 0 Å². The predicted octanol–water partition coefficient (Wildman–Crippen LogP) is 3.69. The van der Waals surface area contributed by atoms with Crippen LogP contribution in [0.15, 0.2) is 36.5 Å². The largest absolute Gasteiger partial charge is 0.493 e. The summed E-state index contributed by atoms with van der Waals surface area (Å²) < 4.78 is 11.4. The van der Waals surface area contributed by atoms with Crippen LogP contribution in [0.4, 0.5) is 0 Å². The van der Waals surface area contributed by atoms with Gasteiger partial charge in [0.15, 0.2) is 11.5 Å². The Kier molecular flexibility index (Phi) is 5.17. The van der Waals surface area contributed by atoms with E-state index in [2.05, 4.69) is 24.1 Å². The lowest BCUT2D eigenvalue weighted by Crippen LogP contribution is -2.22. The molecular weight excluding hydrogens is 264 g/mol. The molecule has 1 aromatic carbocycles. The molecule has 1 heterocycles. The minimum atomic E-state index is 0.408. The molecule has 0 fully saturated rings. The van der Waals surface area contributed by atoms with Crippen LogP contribution in [-0.2, 0) is 6.54 Å². The Balaban J connectivity index is 2.27. The van der Waals surface area contributed by atoms with Crippen LogP contribution in [0.2, 0.25) is 0 Å². The van der Waals surface area contributed by atoms with E-state index in [9.17, 15) is 0 Å². The molecule has 0 radical (unpaired) electrons. The molecule has 4 nitrogen and oxygen atoms in total. The maximum absolute atomic E-state index is 6.04. The Labute approximate surface area is 126 Å². The van der Waals surface area contributed by atoms with Gasteiger partial charge in [-0.15, -0.1) is 0 Å². The van der Waals surface area contributed by atoms with Gasteiger partial charge in [0.05, 0.1) is 7.11 Å². The highest BCUT2D eigenvalue weighted by atomic mass is 16.5. The summed E-state index contributed by atoms with van der Waals surface area (Å²) in [5.41, 5.74) is 1.95. The van der Waals surface area contributed by atoms with Crippen molar-refractivity contribution in [1.82, 2.24) is 10.3 Å². The van der Waals surface area contributed by atoms with Crippen molar-refractivity contribution in [3.8, 4) is 17.2 Å². The summed E-state index contributed by atoms with van der Waals surface area (Å²) in [6.45, 7) is 6.90. The molecule has 0 aliphatic carbocycles. The second-order valence-corrected chi connectivity index (χ2v) is 5.22. The Morgan fingerprint density at radius 3 is 2.52 bits per heavy atom. The molecule has 1 N–H and O–H groups in total. The summed E-state index contributed by atoms with van der Waals surface area (Å²) in [5, 5.41) is 3.38. The minimum absolute atomic E-state index is 0.408. The number of pyridine rings is 1. The molecule has 0 atom stereocenters. The minimum Gasteiger partial charge on any atom is -0.493 e. The van der Waals surface area contributed by atoms with Gasteiger partial charge in [0.2, 0.25) is 0 Å². The molecule has 1 aromatic heterocycles. The number of hydrogen-bond donors (Lipinski definition) is 1. The quantitative estimate of drug-likeness (QED) is 0.879. The van der Waals surface area contributed by atoms with Gasteiger partial charge in [-0.1, -0.05) is 26.0 Å². The number of benzene rings is 1. The zero-order chi connectivity index (χ0) is 15.2. The van der Waals surface area contributed by atoms with Crippen LogP contribution in [0.3, 0.4) is 0 Å². The number of ether oxygens (including phenoxy) is 2. The molecule has 0 saturated heterocycles. The number of nitrogens with zero attached hydrogens (tertiary/aromatic N) is 1. The second kappa shape index (κ2) is 7.09. The zero-order valence-electron chi connectivity index (χ0n) is 13.0. The molecule has 0 unspecified atom stereocenters. The summed E-state index contributed by atoms with van der Waals surface area (Å²) >= 11 is 0. The first kappa shape index (κ1) is 15.3. The van der Waals surface area contributed by atoms with Crippen molar-refractivity contribution in [1.29, 1.82) is 0 Å². The summed E-state index contributed by atoms with van der Waals surface area (Å²) in [4.78, 5) is 4.35.